The molecule has 10 unspecified atom stereocenters. The van der Waals surface area contributed by atoms with E-state index in [1.807, 2.05) is 0 Å². The van der Waals surface area contributed by atoms with Crippen LogP contribution >= 0.6 is 12.3 Å². The second-order valence-corrected chi connectivity index (χ2v) is 7.01. The van der Waals surface area contributed by atoms with E-state index in [1.165, 1.54) is 0 Å². The Bertz CT molecular complexity index is 442. The van der Waals surface area contributed by atoms with Crippen LogP contribution in [0.15, 0.2) is 0 Å². The second kappa shape index (κ2) is 10.6. The van der Waals surface area contributed by atoms with E-state index in [4.69, 9.17) is 23.7 Å². The zero-order valence-corrected chi connectivity index (χ0v) is 15.5. The van der Waals surface area contributed by atoms with Crippen molar-refractivity contribution in [3.05, 3.63) is 0 Å². The molecule has 0 bridgehead atoms. The van der Waals surface area contributed by atoms with E-state index in [1.54, 1.807) is 13.8 Å². The fraction of sp³-hybridized carbons (Fsp3) is 1.00. The number of rotatable bonds is 8. The van der Waals surface area contributed by atoms with Gasteiger partial charge in [-0.3, -0.25) is 4.18 Å². The Hall–Kier alpha value is -0.130. The summed E-state index contributed by atoms with van der Waals surface area (Å²) in [5, 5.41) is 60.7. The molecule has 0 aromatic carbocycles. The van der Waals surface area contributed by atoms with E-state index >= 15 is 0 Å². The molecule has 2 rings (SSSR count). The van der Waals surface area contributed by atoms with Gasteiger partial charge in [0.05, 0.1) is 19.3 Å². The summed E-state index contributed by atoms with van der Waals surface area (Å²) >= 11 is 0.160. The third kappa shape index (κ3) is 5.27. The molecule has 13 heteroatoms. The second-order valence-electron chi connectivity index (χ2n) is 6.55. The summed E-state index contributed by atoms with van der Waals surface area (Å²) in [4.78, 5) is 0. The highest BCUT2D eigenvalue weighted by molar-refractivity contribution is 7.89. The molecule has 0 saturated carbocycles. The molecule has 0 spiro atoms. The maximum absolute atomic E-state index is 10.3. The number of ether oxygens (including phenoxy) is 3. The first-order chi connectivity index (χ1) is 12.8. The summed E-state index contributed by atoms with van der Waals surface area (Å²) in [6.45, 7) is 2.51. The predicted molar refractivity (Wildman–Crippen MR) is 86.2 cm³/mol. The lowest BCUT2D eigenvalue weighted by molar-refractivity contribution is -0.435. The molecular weight excluding hydrogens is 392 g/mol. The monoisotopic (exact) mass is 418 g/mol. The molecule has 0 aromatic rings. The third-order valence-electron chi connectivity index (χ3n) is 4.97. The molecule has 2 heterocycles. The van der Waals surface area contributed by atoms with Crippen molar-refractivity contribution < 1.29 is 58.6 Å². The average Bonchev–Trinajstić information content (AvgIpc) is 2.67. The van der Waals surface area contributed by atoms with Gasteiger partial charge in [-0.15, -0.1) is 4.33 Å². The maximum atomic E-state index is 10.3. The molecule has 2 aliphatic heterocycles. The third-order valence-corrected chi connectivity index (χ3v) is 5.39. The van der Waals surface area contributed by atoms with Gasteiger partial charge in [-0.1, -0.05) is 18.9 Å². The van der Waals surface area contributed by atoms with Crippen LogP contribution in [-0.4, -0.2) is 93.2 Å². The van der Waals surface area contributed by atoms with Crippen LogP contribution in [0, 0.1) is 11.8 Å². The van der Waals surface area contributed by atoms with Gasteiger partial charge in [0.15, 0.2) is 31.0 Å². The van der Waals surface area contributed by atoms with Gasteiger partial charge in [0, 0.05) is 5.92 Å². The van der Waals surface area contributed by atoms with E-state index in [9.17, 15) is 25.5 Å². The zero-order chi connectivity index (χ0) is 20.1. The Morgan fingerprint density at radius 2 is 1.44 bits per heavy atom. The van der Waals surface area contributed by atoms with E-state index in [0.29, 0.717) is 0 Å². The molecule has 2 fully saturated rings. The van der Waals surface area contributed by atoms with Gasteiger partial charge in [0.1, 0.15) is 24.4 Å². The van der Waals surface area contributed by atoms with Crippen molar-refractivity contribution in [3.63, 3.8) is 0 Å². The smallest absolute Gasteiger partial charge is 0.198 e. The maximum Gasteiger partial charge on any atom is 0.198 e. The van der Waals surface area contributed by atoms with Gasteiger partial charge in [0.25, 0.3) is 0 Å². The van der Waals surface area contributed by atoms with Gasteiger partial charge in [0.2, 0.25) is 0 Å². The molecular formula is C14H26O12S. The van der Waals surface area contributed by atoms with E-state index in [0.717, 1.165) is 0 Å². The summed E-state index contributed by atoms with van der Waals surface area (Å²) in [5.41, 5.74) is 0. The minimum Gasteiger partial charge on any atom is -0.394 e. The fourth-order valence-corrected chi connectivity index (χ4v) is 3.41. The number of aliphatic hydroxyl groups is 5. The minimum atomic E-state index is -1.54. The topological polar surface area (TPSA) is 177 Å². The largest absolute Gasteiger partial charge is 0.394 e. The first-order valence-corrected chi connectivity index (χ1v) is 9.04. The fourth-order valence-electron chi connectivity index (χ4n) is 3.06. The summed E-state index contributed by atoms with van der Waals surface area (Å²) in [6, 6.07) is 0. The Balaban J connectivity index is 2.13. The molecule has 0 aromatic heterocycles. The van der Waals surface area contributed by atoms with Gasteiger partial charge in [-0.05, 0) is 5.92 Å². The van der Waals surface area contributed by atoms with Crippen LogP contribution in [0.3, 0.4) is 0 Å². The molecule has 160 valence electrons. The van der Waals surface area contributed by atoms with Gasteiger partial charge in [-0.2, -0.15) is 0 Å². The Labute approximate surface area is 159 Å². The molecule has 0 aliphatic carbocycles. The van der Waals surface area contributed by atoms with Crippen LogP contribution in [-0.2, 0) is 27.8 Å². The van der Waals surface area contributed by atoms with Gasteiger partial charge >= 0.3 is 0 Å². The minimum absolute atomic E-state index is 0.160. The van der Waals surface area contributed by atoms with Crippen molar-refractivity contribution in [1.29, 1.82) is 0 Å². The highest BCUT2D eigenvalue weighted by atomic mass is 32.2. The van der Waals surface area contributed by atoms with Crippen molar-refractivity contribution >= 4 is 12.3 Å². The highest BCUT2D eigenvalue weighted by Crippen LogP contribution is 2.35. The van der Waals surface area contributed by atoms with Gasteiger partial charge < -0.3 is 39.7 Å². The summed E-state index contributed by atoms with van der Waals surface area (Å²) in [7, 11) is 0. The lowest BCUT2D eigenvalue weighted by atomic mass is 9.85. The molecule has 12 nitrogen and oxygen atoms in total. The molecule has 10 atom stereocenters. The van der Waals surface area contributed by atoms with Crippen molar-refractivity contribution in [2.45, 2.75) is 63.1 Å². The highest BCUT2D eigenvalue weighted by Gasteiger charge is 2.49. The van der Waals surface area contributed by atoms with E-state index in [-0.39, 0.29) is 24.2 Å². The van der Waals surface area contributed by atoms with Crippen molar-refractivity contribution in [2.75, 3.05) is 13.2 Å². The van der Waals surface area contributed by atoms with Crippen molar-refractivity contribution in [3.8, 4) is 0 Å². The number of hydrogen-bond acceptors (Lipinski definition) is 13. The zero-order valence-electron chi connectivity index (χ0n) is 14.7. The number of hydrogen-bond donors (Lipinski definition) is 6. The van der Waals surface area contributed by atoms with E-state index in [2.05, 4.69) is 9.37 Å². The van der Waals surface area contributed by atoms with Crippen LogP contribution in [0.5, 0.6) is 0 Å². The summed E-state index contributed by atoms with van der Waals surface area (Å²) < 4.78 is 26.0. The van der Waals surface area contributed by atoms with Crippen LogP contribution in [0.25, 0.3) is 0 Å². The van der Waals surface area contributed by atoms with Crippen molar-refractivity contribution in [1.82, 2.24) is 0 Å². The quantitative estimate of drug-likeness (QED) is 0.112. The number of aliphatic hydroxyl groups excluding tert-OH is 5. The van der Waals surface area contributed by atoms with Crippen LogP contribution < -0.4 is 0 Å². The standard InChI is InChI=1S/C14H26O12S/c1-5-6(2)13(21-7(3-15)9(5)17)23-14-12(24-27-26-25-20)11(19)10(18)8(4-16)22-14/h5-20H,3-4H2,1-2H3. The van der Waals surface area contributed by atoms with Crippen LogP contribution in [0.1, 0.15) is 13.8 Å². The Morgan fingerprint density at radius 1 is 0.852 bits per heavy atom. The average molecular weight is 418 g/mol. The summed E-state index contributed by atoms with van der Waals surface area (Å²) in [6.07, 6.45) is -9.52. The molecule has 0 amide bonds. The molecule has 27 heavy (non-hydrogen) atoms. The van der Waals surface area contributed by atoms with Crippen molar-refractivity contribution in [2.24, 2.45) is 11.8 Å². The Morgan fingerprint density at radius 3 is 2.04 bits per heavy atom. The van der Waals surface area contributed by atoms with E-state index < -0.39 is 62.4 Å². The normalized spacial score (nSPS) is 45.8. The SMILES string of the molecule is CC1C(OC2OC(CO)C(O)C(O)C2OSOOO)OC(CO)C(O)C1C. The first kappa shape index (κ1) is 23.2. The summed E-state index contributed by atoms with van der Waals surface area (Å²) in [5.74, 6) is -0.609. The molecule has 2 aliphatic rings. The van der Waals surface area contributed by atoms with Gasteiger partial charge in [-0.25, -0.2) is 5.26 Å². The Kier molecular flexibility index (Phi) is 9.08. The molecule has 0 radical (unpaired) electrons. The predicted octanol–water partition coefficient (Wildman–Crippen LogP) is -1.84. The molecule has 6 N–H and O–H groups in total. The van der Waals surface area contributed by atoms with Crippen LogP contribution in [0.2, 0.25) is 0 Å². The van der Waals surface area contributed by atoms with Crippen LogP contribution in [0.4, 0.5) is 0 Å². The lowest BCUT2D eigenvalue weighted by Gasteiger charge is -2.46. The lowest BCUT2D eigenvalue weighted by Crippen LogP contribution is -2.61. The first-order valence-electron chi connectivity index (χ1n) is 8.38. The molecule has 2 saturated heterocycles.